The number of aliphatic hydroxyl groups excluding tert-OH is 1. The zero-order valence-corrected chi connectivity index (χ0v) is 7.17. The Kier molecular flexibility index (Phi) is 2.87. The molecule has 11 heavy (non-hydrogen) atoms. The monoisotopic (exact) mass is 160 g/mol. The van der Waals surface area contributed by atoms with Gasteiger partial charge in [0.15, 0.2) is 0 Å². The highest BCUT2D eigenvalue weighted by Crippen LogP contribution is 2.36. The lowest BCUT2D eigenvalue weighted by Crippen LogP contribution is -2.53. The van der Waals surface area contributed by atoms with Gasteiger partial charge in [-0.25, -0.2) is 0 Å². The van der Waals surface area contributed by atoms with E-state index < -0.39 is 0 Å². The summed E-state index contributed by atoms with van der Waals surface area (Å²) in [5.74, 6) is 0. The van der Waals surface area contributed by atoms with Crippen molar-refractivity contribution in [1.82, 2.24) is 0 Å². The van der Waals surface area contributed by atoms with Crippen LogP contribution in [0.3, 0.4) is 0 Å². The lowest BCUT2D eigenvalue weighted by atomic mass is 9.78. The molecular weight excluding hydrogens is 144 g/mol. The first-order chi connectivity index (χ1) is 5.29. The Hall–Kier alpha value is -0.120. The smallest absolute Gasteiger partial charge is 0.0902 e. The summed E-state index contributed by atoms with van der Waals surface area (Å²) in [6.07, 6.45) is 0.952. The van der Waals surface area contributed by atoms with E-state index in [1.807, 2.05) is 0 Å². The van der Waals surface area contributed by atoms with E-state index in [4.69, 9.17) is 14.6 Å². The molecule has 0 spiro atoms. The third-order valence-corrected chi connectivity index (χ3v) is 2.62. The maximum atomic E-state index is 8.98. The summed E-state index contributed by atoms with van der Waals surface area (Å²) in [5.41, 5.74) is 0.0868. The van der Waals surface area contributed by atoms with Crippen molar-refractivity contribution in [3.8, 4) is 0 Å². The molecule has 0 aromatic heterocycles. The van der Waals surface area contributed by atoms with Gasteiger partial charge in [0.05, 0.1) is 25.9 Å². The molecule has 0 radical (unpaired) electrons. The molecule has 3 nitrogen and oxygen atoms in total. The van der Waals surface area contributed by atoms with Gasteiger partial charge in [-0.15, -0.1) is 0 Å². The van der Waals surface area contributed by atoms with E-state index in [2.05, 4.69) is 6.92 Å². The van der Waals surface area contributed by atoms with Gasteiger partial charge in [0, 0.05) is 12.5 Å². The fourth-order valence-corrected chi connectivity index (χ4v) is 1.50. The molecule has 0 aromatic carbocycles. The van der Waals surface area contributed by atoms with Crippen LogP contribution in [0.15, 0.2) is 0 Å². The van der Waals surface area contributed by atoms with Gasteiger partial charge in [0.25, 0.3) is 0 Å². The average Bonchev–Trinajstić information content (AvgIpc) is 1.96. The van der Waals surface area contributed by atoms with Crippen LogP contribution in [-0.4, -0.2) is 38.1 Å². The maximum Gasteiger partial charge on any atom is 0.0902 e. The van der Waals surface area contributed by atoms with Gasteiger partial charge in [-0.05, 0) is 6.42 Å². The van der Waals surface area contributed by atoms with E-state index in [1.165, 1.54) is 0 Å². The van der Waals surface area contributed by atoms with Crippen LogP contribution < -0.4 is 0 Å². The predicted molar refractivity (Wildman–Crippen MR) is 41.4 cm³/mol. The molecule has 1 saturated heterocycles. The Morgan fingerprint density at radius 2 is 2.27 bits per heavy atom. The molecule has 1 rings (SSSR count). The van der Waals surface area contributed by atoms with Crippen molar-refractivity contribution in [3.63, 3.8) is 0 Å². The number of aliphatic hydroxyl groups is 1. The molecule has 3 heteroatoms. The summed E-state index contributed by atoms with van der Waals surface area (Å²) in [6, 6.07) is 0. The molecule has 1 aliphatic heterocycles. The molecular formula is C8H16O3. The first kappa shape index (κ1) is 8.97. The van der Waals surface area contributed by atoms with E-state index in [9.17, 15) is 0 Å². The largest absolute Gasteiger partial charge is 0.394 e. The Labute approximate surface area is 67.3 Å². The van der Waals surface area contributed by atoms with E-state index in [0.29, 0.717) is 0 Å². The molecule has 0 bridgehead atoms. The zero-order chi connectivity index (χ0) is 8.32. The molecule has 1 atom stereocenters. The fourth-order valence-electron chi connectivity index (χ4n) is 1.50. The summed E-state index contributed by atoms with van der Waals surface area (Å²) < 4.78 is 10.3. The topological polar surface area (TPSA) is 38.7 Å². The molecule has 1 fully saturated rings. The number of ether oxygens (including phenoxy) is 2. The van der Waals surface area contributed by atoms with Crippen LogP contribution in [0.1, 0.15) is 13.3 Å². The second kappa shape index (κ2) is 3.52. The summed E-state index contributed by atoms with van der Waals surface area (Å²) in [6.45, 7) is 3.64. The third kappa shape index (κ3) is 1.41. The van der Waals surface area contributed by atoms with Crippen LogP contribution in [0.2, 0.25) is 0 Å². The Balaban J connectivity index is 2.51. The van der Waals surface area contributed by atoms with Crippen molar-refractivity contribution in [2.24, 2.45) is 5.41 Å². The molecule has 1 aliphatic rings. The SMILES string of the molecule is CCC1(C(CO)OC)COC1. The van der Waals surface area contributed by atoms with Crippen LogP contribution in [-0.2, 0) is 9.47 Å². The van der Waals surface area contributed by atoms with Crippen LogP contribution in [0.25, 0.3) is 0 Å². The average molecular weight is 160 g/mol. The van der Waals surface area contributed by atoms with E-state index >= 15 is 0 Å². The predicted octanol–water partition coefficient (Wildman–Crippen LogP) is 0.420. The minimum Gasteiger partial charge on any atom is -0.394 e. The molecule has 1 N–H and O–H groups in total. The third-order valence-electron chi connectivity index (χ3n) is 2.62. The van der Waals surface area contributed by atoms with Crippen molar-refractivity contribution < 1.29 is 14.6 Å². The van der Waals surface area contributed by atoms with E-state index in [0.717, 1.165) is 19.6 Å². The molecule has 1 heterocycles. The molecule has 1 unspecified atom stereocenters. The van der Waals surface area contributed by atoms with Crippen molar-refractivity contribution in [1.29, 1.82) is 0 Å². The molecule has 0 aliphatic carbocycles. The zero-order valence-electron chi connectivity index (χ0n) is 7.17. The fraction of sp³-hybridized carbons (Fsp3) is 1.00. The highest BCUT2D eigenvalue weighted by molar-refractivity contribution is 4.91. The number of rotatable bonds is 4. The lowest BCUT2D eigenvalue weighted by molar-refractivity contribution is -0.191. The highest BCUT2D eigenvalue weighted by atomic mass is 16.5. The van der Waals surface area contributed by atoms with Gasteiger partial charge in [-0.1, -0.05) is 6.92 Å². The van der Waals surface area contributed by atoms with Crippen LogP contribution >= 0.6 is 0 Å². The van der Waals surface area contributed by atoms with Crippen LogP contribution in [0.4, 0.5) is 0 Å². The van der Waals surface area contributed by atoms with Gasteiger partial charge in [0.2, 0.25) is 0 Å². The summed E-state index contributed by atoms with van der Waals surface area (Å²) in [4.78, 5) is 0. The first-order valence-electron chi connectivity index (χ1n) is 4.00. The lowest BCUT2D eigenvalue weighted by Gasteiger charge is -2.45. The Morgan fingerprint density at radius 1 is 1.64 bits per heavy atom. The number of methoxy groups -OCH3 is 1. The van der Waals surface area contributed by atoms with Crippen LogP contribution in [0.5, 0.6) is 0 Å². The quantitative estimate of drug-likeness (QED) is 0.647. The normalized spacial score (nSPS) is 24.3. The highest BCUT2D eigenvalue weighted by Gasteiger charge is 2.44. The summed E-state index contributed by atoms with van der Waals surface area (Å²) >= 11 is 0. The van der Waals surface area contributed by atoms with Gasteiger partial charge in [0.1, 0.15) is 0 Å². The van der Waals surface area contributed by atoms with Crippen LogP contribution in [0, 0.1) is 5.41 Å². The van der Waals surface area contributed by atoms with Crippen molar-refractivity contribution >= 4 is 0 Å². The maximum absolute atomic E-state index is 8.98. The first-order valence-corrected chi connectivity index (χ1v) is 4.00. The van der Waals surface area contributed by atoms with E-state index in [1.54, 1.807) is 7.11 Å². The van der Waals surface area contributed by atoms with Gasteiger partial charge >= 0.3 is 0 Å². The second-order valence-electron chi connectivity index (χ2n) is 3.12. The van der Waals surface area contributed by atoms with Gasteiger partial charge in [-0.2, -0.15) is 0 Å². The van der Waals surface area contributed by atoms with Gasteiger partial charge in [-0.3, -0.25) is 0 Å². The van der Waals surface area contributed by atoms with Crippen molar-refractivity contribution in [3.05, 3.63) is 0 Å². The summed E-state index contributed by atoms with van der Waals surface area (Å²) in [5, 5.41) is 8.98. The minimum atomic E-state index is -0.0544. The molecule has 0 amide bonds. The summed E-state index contributed by atoms with van der Waals surface area (Å²) in [7, 11) is 1.64. The Morgan fingerprint density at radius 3 is 2.36 bits per heavy atom. The Bertz CT molecular complexity index is 111. The minimum absolute atomic E-state index is 0.0544. The van der Waals surface area contributed by atoms with Crippen molar-refractivity contribution in [2.45, 2.75) is 19.4 Å². The second-order valence-corrected chi connectivity index (χ2v) is 3.12. The molecule has 66 valence electrons. The molecule has 0 saturated carbocycles. The van der Waals surface area contributed by atoms with Gasteiger partial charge < -0.3 is 14.6 Å². The number of hydrogen-bond donors (Lipinski definition) is 1. The van der Waals surface area contributed by atoms with E-state index in [-0.39, 0.29) is 18.1 Å². The number of hydrogen-bond acceptors (Lipinski definition) is 3. The standard InChI is InChI=1S/C8H16O3/c1-3-8(5-11-6-8)7(4-9)10-2/h7,9H,3-6H2,1-2H3. The molecule has 0 aromatic rings. The van der Waals surface area contributed by atoms with Crippen molar-refractivity contribution in [2.75, 3.05) is 26.9 Å².